The number of nitrogens with two attached hydrogens (primary N) is 1. The predicted octanol–water partition coefficient (Wildman–Crippen LogP) is 2.87. The summed E-state index contributed by atoms with van der Waals surface area (Å²) < 4.78 is 0. The molecule has 100 valence electrons. The summed E-state index contributed by atoms with van der Waals surface area (Å²) in [6.07, 6.45) is 6.92. The fourth-order valence-electron chi connectivity index (χ4n) is 3.55. The second-order valence-corrected chi connectivity index (χ2v) is 7.64. The van der Waals surface area contributed by atoms with Gasteiger partial charge in [-0.2, -0.15) is 0 Å². The minimum Gasteiger partial charge on any atom is -0.327 e. The summed E-state index contributed by atoms with van der Waals surface area (Å²) in [6, 6.07) is 0.413. The van der Waals surface area contributed by atoms with E-state index in [4.69, 9.17) is 5.73 Å². The Hall–Kier alpha value is -0.0800. The summed E-state index contributed by atoms with van der Waals surface area (Å²) >= 11 is 0. The van der Waals surface area contributed by atoms with Gasteiger partial charge in [0.05, 0.1) is 0 Å². The van der Waals surface area contributed by atoms with Crippen molar-refractivity contribution in [2.24, 2.45) is 23.0 Å². The molecule has 0 radical (unpaired) electrons. The van der Waals surface area contributed by atoms with Crippen LogP contribution in [0.15, 0.2) is 0 Å². The van der Waals surface area contributed by atoms with Crippen LogP contribution in [0.25, 0.3) is 0 Å². The second kappa shape index (κ2) is 5.27. The summed E-state index contributed by atoms with van der Waals surface area (Å²) in [5.41, 5.74) is 6.68. The maximum absolute atomic E-state index is 6.23. The molecule has 0 amide bonds. The van der Waals surface area contributed by atoms with Crippen molar-refractivity contribution in [2.75, 3.05) is 19.6 Å². The maximum atomic E-state index is 6.23. The number of piperidine rings is 1. The average Bonchev–Trinajstić information content (AvgIpc) is 2.07. The van der Waals surface area contributed by atoms with Gasteiger partial charge in [0, 0.05) is 25.7 Å². The lowest BCUT2D eigenvalue weighted by atomic mass is 9.79. The highest BCUT2D eigenvalue weighted by molar-refractivity contribution is 4.85. The van der Waals surface area contributed by atoms with E-state index in [0.29, 0.717) is 11.5 Å². The number of nitrogens with zero attached hydrogens (tertiary/aromatic N) is 1. The molecular weight excluding hydrogens is 208 g/mol. The van der Waals surface area contributed by atoms with Crippen LogP contribution in [-0.4, -0.2) is 30.6 Å². The first-order chi connectivity index (χ1) is 7.92. The van der Waals surface area contributed by atoms with Gasteiger partial charge in [0.15, 0.2) is 0 Å². The normalized spacial score (nSPS) is 32.5. The van der Waals surface area contributed by atoms with Crippen molar-refractivity contribution >= 4 is 0 Å². The van der Waals surface area contributed by atoms with E-state index in [0.717, 1.165) is 18.4 Å². The summed E-state index contributed by atoms with van der Waals surface area (Å²) in [5, 5.41) is 0. The van der Waals surface area contributed by atoms with Gasteiger partial charge in [0.2, 0.25) is 0 Å². The third kappa shape index (κ3) is 4.26. The third-order valence-corrected chi connectivity index (χ3v) is 4.29. The quantitative estimate of drug-likeness (QED) is 0.819. The van der Waals surface area contributed by atoms with Crippen LogP contribution < -0.4 is 5.73 Å². The molecule has 1 heterocycles. The molecule has 0 aromatic heterocycles. The molecule has 0 aromatic carbocycles. The molecule has 2 rings (SSSR count). The molecule has 0 bridgehead atoms. The largest absolute Gasteiger partial charge is 0.327 e. The van der Waals surface area contributed by atoms with Crippen LogP contribution in [0.4, 0.5) is 0 Å². The first-order valence-corrected chi connectivity index (χ1v) is 7.40. The van der Waals surface area contributed by atoms with Gasteiger partial charge in [-0.25, -0.2) is 0 Å². The lowest BCUT2D eigenvalue weighted by molar-refractivity contribution is 0.0941. The summed E-state index contributed by atoms with van der Waals surface area (Å²) in [4.78, 5) is 2.65. The molecule has 0 aromatic rings. The van der Waals surface area contributed by atoms with Gasteiger partial charge in [-0.3, -0.25) is 0 Å². The van der Waals surface area contributed by atoms with Gasteiger partial charge in [0.1, 0.15) is 0 Å². The van der Waals surface area contributed by atoms with E-state index in [2.05, 4.69) is 25.7 Å². The Balaban J connectivity index is 1.82. The van der Waals surface area contributed by atoms with Gasteiger partial charge < -0.3 is 10.6 Å². The van der Waals surface area contributed by atoms with E-state index in [-0.39, 0.29) is 0 Å². The molecule has 0 spiro atoms. The Morgan fingerprint density at radius 3 is 2.35 bits per heavy atom. The molecule has 2 aliphatic rings. The molecule has 2 unspecified atom stereocenters. The van der Waals surface area contributed by atoms with Crippen molar-refractivity contribution < 1.29 is 0 Å². The molecule has 1 saturated carbocycles. The molecule has 2 fully saturated rings. The van der Waals surface area contributed by atoms with Crippen LogP contribution >= 0.6 is 0 Å². The number of likely N-dealkylation sites (tertiary alicyclic amines) is 1. The maximum Gasteiger partial charge on any atom is 0.0170 e. The summed E-state index contributed by atoms with van der Waals surface area (Å²) in [6.45, 7) is 10.8. The van der Waals surface area contributed by atoms with Crippen molar-refractivity contribution in [2.45, 2.75) is 58.9 Å². The standard InChI is InChI=1S/C15H30N2/c1-15(2,3)8-13-7-14(16)11-17(10-13)9-12-5-4-6-12/h12-14H,4-11,16H2,1-3H3. The van der Waals surface area contributed by atoms with E-state index in [9.17, 15) is 0 Å². The van der Waals surface area contributed by atoms with Crippen LogP contribution in [0.5, 0.6) is 0 Å². The fraction of sp³-hybridized carbons (Fsp3) is 1.00. The van der Waals surface area contributed by atoms with Crippen molar-refractivity contribution in [1.29, 1.82) is 0 Å². The van der Waals surface area contributed by atoms with Crippen molar-refractivity contribution in [3.63, 3.8) is 0 Å². The molecule has 2 nitrogen and oxygen atoms in total. The highest BCUT2D eigenvalue weighted by Gasteiger charge is 2.30. The topological polar surface area (TPSA) is 29.3 Å². The number of hydrogen-bond donors (Lipinski definition) is 1. The van der Waals surface area contributed by atoms with Crippen molar-refractivity contribution in [3.8, 4) is 0 Å². The highest BCUT2D eigenvalue weighted by Crippen LogP contribution is 2.32. The molecule has 2 heteroatoms. The monoisotopic (exact) mass is 238 g/mol. The van der Waals surface area contributed by atoms with Crippen LogP contribution in [0, 0.1) is 17.3 Å². The van der Waals surface area contributed by atoms with Gasteiger partial charge in [0.25, 0.3) is 0 Å². The van der Waals surface area contributed by atoms with Gasteiger partial charge in [-0.1, -0.05) is 27.2 Å². The lowest BCUT2D eigenvalue weighted by Gasteiger charge is -2.41. The van der Waals surface area contributed by atoms with Crippen LogP contribution in [0.1, 0.15) is 52.9 Å². The van der Waals surface area contributed by atoms with Crippen LogP contribution in [-0.2, 0) is 0 Å². The van der Waals surface area contributed by atoms with Gasteiger partial charge in [-0.05, 0) is 42.9 Å². The first-order valence-electron chi connectivity index (χ1n) is 7.40. The van der Waals surface area contributed by atoms with Crippen LogP contribution in [0.2, 0.25) is 0 Å². The molecular formula is C15H30N2. The molecule has 2 N–H and O–H groups in total. The Morgan fingerprint density at radius 1 is 1.12 bits per heavy atom. The van der Waals surface area contributed by atoms with Crippen molar-refractivity contribution in [1.82, 2.24) is 4.90 Å². The molecule has 1 aliphatic carbocycles. The minimum absolute atomic E-state index is 0.413. The smallest absolute Gasteiger partial charge is 0.0170 e. The van der Waals surface area contributed by atoms with Crippen LogP contribution in [0.3, 0.4) is 0 Å². The minimum atomic E-state index is 0.413. The van der Waals surface area contributed by atoms with E-state index < -0.39 is 0 Å². The van der Waals surface area contributed by atoms with Gasteiger partial charge in [-0.15, -0.1) is 0 Å². The Bertz CT molecular complexity index is 240. The van der Waals surface area contributed by atoms with E-state index in [1.165, 1.54) is 45.2 Å². The zero-order valence-electron chi connectivity index (χ0n) is 11.9. The van der Waals surface area contributed by atoms with E-state index in [1.54, 1.807) is 0 Å². The Kier molecular flexibility index (Phi) is 4.14. The Labute approximate surface area is 107 Å². The highest BCUT2D eigenvalue weighted by atomic mass is 15.2. The summed E-state index contributed by atoms with van der Waals surface area (Å²) in [7, 11) is 0. The fourth-order valence-corrected chi connectivity index (χ4v) is 3.55. The molecule has 2 atom stereocenters. The zero-order chi connectivity index (χ0) is 12.5. The second-order valence-electron chi connectivity index (χ2n) is 7.64. The third-order valence-electron chi connectivity index (χ3n) is 4.29. The zero-order valence-corrected chi connectivity index (χ0v) is 11.9. The molecule has 17 heavy (non-hydrogen) atoms. The number of hydrogen-bond acceptors (Lipinski definition) is 2. The predicted molar refractivity (Wildman–Crippen MR) is 73.9 cm³/mol. The number of rotatable bonds is 3. The lowest BCUT2D eigenvalue weighted by Crippen LogP contribution is -2.49. The SMILES string of the molecule is CC(C)(C)CC1CC(N)CN(CC2CCC2)C1. The summed E-state index contributed by atoms with van der Waals surface area (Å²) in [5.74, 6) is 1.80. The van der Waals surface area contributed by atoms with Gasteiger partial charge >= 0.3 is 0 Å². The molecule has 1 saturated heterocycles. The van der Waals surface area contributed by atoms with E-state index >= 15 is 0 Å². The average molecular weight is 238 g/mol. The first kappa shape index (κ1) is 13.4. The van der Waals surface area contributed by atoms with Crippen molar-refractivity contribution in [3.05, 3.63) is 0 Å². The molecule has 1 aliphatic heterocycles. The van der Waals surface area contributed by atoms with E-state index in [1.807, 2.05) is 0 Å². The Morgan fingerprint density at radius 2 is 1.82 bits per heavy atom.